The number of carbonyl (C=O) groups excluding carboxylic acids is 3. The second kappa shape index (κ2) is 9.26. The van der Waals surface area contributed by atoms with E-state index in [0.29, 0.717) is 0 Å². The van der Waals surface area contributed by atoms with Gasteiger partial charge in [-0.3, -0.25) is 18.6 Å². The zero-order chi connectivity index (χ0) is 20.1. The summed E-state index contributed by atoms with van der Waals surface area (Å²) in [5.41, 5.74) is 0. The molecule has 150 valence electrons. The number of carbonyl (C=O) groups is 3. The molecule has 2 amide bonds. The van der Waals surface area contributed by atoms with Crippen LogP contribution in [-0.2, 0) is 42.9 Å². The minimum atomic E-state index is -3.99. The topological polar surface area (TPSA) is 146 Å². The van der Waals surface area contributed by atoms with Gasteiger partial charge in [-0.1, -0.05) is 0 Å². The minimum Gasteiger partial charge on any atom is -0.457 e. The average molecular weight is 396 g/mol. The van der Waals surface area contributed by atoms with Crippen LogP contribution in [0.1, 0.15) is 20.8 Å². The van der Waals surface area contributed by atoms with E-state index in [9.17, 15) is 22.8 Å². The van der Waals surface area contributed by atoms with Gasteiger partial charge in [0.1, 0.15) is 18.2 Å². The highest BCUT2D eigenvalue weighted by Gasteiger charge is 2.50. The zero-order valence-corrected chi connectivity index (χ0v) is 16.0. The van der Waals surface area contributed by atoms with Gasteiger partial charge in [0.25, 0.3) is 10.1 Å². The SMILES string of the molecule is CO[C@@H]1O[C@H](CNC(C)=O)[C@@H](OC(C)=O)[C@H](OS(C)(=O)=O)[C@H]1NC(C)=O. The summed E-state index contributed by atoms with van der Waals surface area (Å²) < 4.78 is 44.5. The lowest BCUT2D eigenvalue weighted by Crippen LogP contribution is -2.67. The van der Waals surface area contributed by atoms with Gasteiger partial charge in [0.2, 0.25) is 11.8 Å². The molecule has 0 aromatic rings. The van der Waals surface area contributed by atoms with E-state index < -0.39 is 52.6 Å². The van der Waals surface area contributed by atoms with Crippen LogP contribution in [0.2, 0.25) is 0 Å². The van der Waals surface area contributed by atoms with Crippen LogP contribution in [0.3, 0.4) is 0 Å². The molecular weight excluding hydrogens is 372 g/mol. The summed E-state index contributed by atoms with van der Waals surface area (Å²) in [6.45, 7) is 3.53. The number of ether oxygens (including phenoxy) is 3. The van der Waals surface area contributed by atoms with E-state index in [4.69, 9.17) is 18.4 Å². The predicted octanol–water partition coefficient (Wildman–Crippen LogP) is -1.72. The van der Waals surface area contributed by atoms with Crippen molar-refractivity contribution >= 4 is 27.9 Å². The van der Waals surface area contributed by atoms with Gasteiger partial charge in [-0.05, 0) is 0 Å². The fourth-order valence-corrected chi connectivity index (χ4v) is 3.18. The van der Waals surface area contributed by atoms with Gasteiger partial charge >= 0.3 is 5.97 Å². The number of hydrogen-bond donors (Lipinski definition) is 2. The molecule has 2 N–H and O–H groups in total. The Kier molecular flexibility index (Phi) is 7.93. The number of esters is 1. The summed E-state index contributed by atoms with van der Waals surface area (Å²) in [5.74, 6) is -1.58. The molecule has 12 heteroatoms. The van der Waals surface area contributed by atoms with Crippen LogP contribution >= 0.6 is 0 Å². The van der Waals surface area contributed by atoms with Crippen molar-refractivity contribution in [3.8, 4) is 0 Å². The van der Waals surface area contributed by atoms with Crippen LogP contribution in [-0.4, -0.2) is 76.8 Å². The maximum atomic E-state index is 11.7. The van der Waals surface area contributed by atoms with Crippen molar-refractivity contribution in [2.45, 2.75) is 51.4 Å². The van der Waals surface area contributed by atoms with Gasteiger partial charge in [-0.25, -0.2) is 0 Å². The molecule has 0 radical (unpaired) electrons. The Labute approximate surface area is 151 Å². The van der Waals surface area contributed by atoms with Gasteiger partial charge in [0.05, 0.1) is 6.26 Å². The van der Waals surface area contributed by atoms with E-state index in [1.54, 1.807) is 0 Å². The average Bonchev–Trinajstić information content (AvgIpc) is 2.47. The molecule has 0 aliphatic carbocycles. The van der Waals surface area contributed by atoms with E-state index in [1.807, 2.05) is 0 Å². The van der Waals surface area contributed by atoms with Crippen LogP contribution in [0, 0.1) is 0 Å². The lowest BCUT2D eigenvalue weighted by Gasteiger charge is -2.44. The number of hydrogen-bond acceptors (Lipinski definition) is 9. The quantitative estimate of drug-likeness (QED) is 0.379. The van der Waals surface area contributed by atoms with Crippen LogP contribution in [0.15, 0.2) is 0 Å². The minimum absolute atomic E-state index is 0.0937. The maximum Gasteiger partial charge on any atom is 0.303 e. The molecule has 0 unspecified atom stereocenters. The zero-order valence-electron chi connectivity index (χ0n) is 15.2. The monoisotopic (exact) mass is 396 g/mol. The highest BCUT2D eigenvalue weighted by molar-refractivity contribution is 7.86. The molecule has 0 bridgehead atoms. The Bertz CT molecular complexity index is 636. The summed E-state index contributed by atoms with van der Waals surface area (Å²) in [6.07, 6.45) is -3.80. The van der Waals surface area contributed by atoms with E-state index in [1.165, 1.54) is 21.0 Å². The Morgan fingerprint density at radius 3 is 2.12 bits per heavy atom. The van der Waals surface area contributed by atoms with Gasteiger partial charge in [-0.15, -0.1) is 0 Å². The van der Waals surface area contributed by atoms with Crippen molar-refractivity contribution < 1.29 is 41.2 Å². The van der Waals surface area contributed by atoms with Crippen LogP contribution in [0.5, 0.6) is 0 Å². The summed E-state index contributed by atoms with van der Waals surface area (Å²) in [4.78, 5) is 34.2. The smallest absolute Gasteiger partial charge is 0.303 e. The molecule has 1 aliphatic rings. The third-order valence-electron chi connectivity index (χ3n) is 3.39. The molecular formula is C14H24N2O9S. The van der Waals surface area contributed by atoms with E-state index in [2.05, 4.69) is 10.6 Å². The van der Waals surface area contributed by atoms with Crippen LogP contribution in [0.25, 0.3) is 0 Å². The third kappa shape index (κ3) is 6.86. The molecule has 0 spiro atoms. The van der Waals surface area contributed by atoms with Crippen molar-refractivity contribution in [2.24, 2.45) is 0 Å². The van der Waals surface area contributed by atoms with Crippen LogP contribution in [0.4, 0.5) is 0 Å². The standard InChI is InChI=1S/C14H24N2O9S/c1-7(17)15-6-10-12(23-9(3)19)13(25-26(5,20)21)11(16-8(2)18)14(22-4)24-10/h10-14H,6H2,1-5H3,(H,15,17)(H,16,18)/t10-,11-,12-,13-,14-/m1/s1. The van der Waals surface area contributed by atoms with Crippen LogP contribution < -0.4 is 10.6 Å². The summed E-state index contributed by atoms with van der Waals surface area (Å²) in [7, 11) is -2.70. The summed E-state index contributed by atoms with van der Waals surface area (Å²) >= 11 is 0. The van der Waals surface area contributed by atoms with Crippen molar-refractivity contribution in [3.63, 3.8) is 0 Å². The van der Waals surface area contributed by atoms with Gasteiger partial charge in [0.15, 0.2) is 12.4 Å². The van der Waals surface area contributed by atoms with Crippen molar-refractivity contribution in [1.29, 1.82) is 0 Å². The van der Waals surface area contributed by atoms with Gasteiger partial charge < -0.3 is 24.8 Å². The normalized spacial score (nSPS) is 28.9. The largest absolute Gasteiger partial charge is 0.457 e. The number of amides is 2. The number of methoxy groups -OCH3 is 1. The molecule has 0 aromatic heterocycles. The van der Waals surface area contributed by atoms with Gasteiger partial charge in [0, 0.05) is 34.4 Å². The van der Waals surface area contributed by atoms with Crippen molar-refractivity contribution in [2.75, 3.05) is 19.9 Å². The maximum absolute atomic E-state index is 11.7. The molecule has 0 saturated carbocycles. The fourth-order valence-electron chi connectivity index (χ4n) is 2.55. The lowest BCUT2D eigenvalue weighted by atomic mass is 9.96. The first-order valence-corrected chi connectivity index (χ1v) is 9.51. The highest BCUT2D eigenvalue weighted by atomic mass is 32.2. The first-order valence-electron chi connectivity index (χ1n) is 7.70. The fraction of sp³-hybridized carbons (Fsp3) is 0.786. The first-order chi connectivity index (χ1) is 11.9. The van der Waals surface area contributed by atoms with Crippen molar-refractivity contribution in [3.05, 3.63) is 0 Å². The third-order valence-corrected chi connectivity index (χ3v) is 3.96. The second-order valence-corrected chi connectivity index (χ2v) is 7.38. The molecule has 1 saturated heterocycles. The Morgan fingerprint density at radius 2 is 1.69 bits per heavy atom. The first kappa shape index (κ1) is 22.3. The Hall–Kier alpha value is -1.76. The summed E-state index contributed by atoms with van der Waals surface area (Å²) in [6, 6.07) is -1.08. The van der Waals surface area contributed by atoms with E-state index in [0.717, 1.165) is 13.2 Å². The second-order valence-electron chi connectivity index (χ2n) is 5.78. The number of rotatable bonds is 7. The molecule has 1 fully saturated rings. The Morgan fingerprint density at radius 1 is 1.08 bits per heavy atom. The van der Waals surface area contributed by atoms with E-state index >= 15 is 0 Å². The molecule has 1 rings (SSSR count). The molecule has 26 heavy (non-hydrogen) atoms. The van der Waals surface area contributed by atoms with Gasteiger partial charge in [-0.2, -0.15) is 8.42 Å². The molecule has 1 heterocycles. The predicted molar refractivity (Wildman–Crippen MR) is 87.2 cm³/mol. The molecule has 5 atom stereocenters. The summed E-state index contributed by atoms with van der Waals surface area (Å²) in [5, 5.41) is 4.99. The lowest BCUT2D eigenvalue weighted by molar-refractivity contribution is -0.255. The Balaban J connectivity index is 3.28. The highest BCUT2D eigenvalue weighted by Crippen LogP contribution is 2.27. The molecule has 0 aromatic carbocycles. The molecule has 1 aliphatic heterocycles. The number of nitrogens with one attached hydrogen (secondary N) is 2. The molecule has 11 nitrogen and oxygen atoms in total. The van der Waals surface area contributed by atoms with E-state index in [-0.39, 0.29) is 12.5 Å². The van der Waals surface area contributed by atoms with Crippen molar-refractivity contribution in [1.82, 2.24) is 10.6 Å².